The molecule has 38 heavy (non-hydrogen) atoms. The molecule has 1 aromatic carbocycles. The Labute approximate surface area is 225 Å². The molecule has 1 N–H and O–H groups in total. The van der Waals surface area contributed by atoms with Gasteiger partial charge in [0.1, 0.15) is 17.6 Å². The maximum Gasteiger partial charge on any atom is 0.335 e. The third kappa shape index (κ3) is 3.93. The van der Waals surface area contributed by atoms with Gasteiger partial charge in [-0.25, -0.2) is 17.6 Å². The minimum atomic E-state index is -3.74. The van der Waals surface area contributed by atoms with Crippen molar-refractivity contribution in [3.8, 4) is 17.0 Å². The van der Waals surface area contributed by atoms with Gasteiger partial charge in [-0.15, -0.1) is 10.2 Å². The van der Waals surface area contributed by atoms with Gasteiger partial charge in [0, 0.05) is 37.8 Å². The monoisotopic (exact) mass is 559 g/mol. The van der Waals surface area contributed by atoms with E-state index in [2.05, 4.69) is 20.1 Å². The van der Waals surface area contributed by atoms with Crippen molar-refractivity contribution >= 4 is 38.3 Å². The van der Waals surface area contributed by atoms with Gasteiger partial charge in [0.15, 0.2) is 5.65 Å². The Morgan fingerprint density at radius 3 is 2.84 bits per heavy atom. The van der Waals surface area contributed by atoms with Crippen molar-refractivity contribution in [3.63, 3.8) is 0 Å². The normalized spacial score (nSPS) is 19.0. The first-order chi connectivity index (χ1) is 18.3. The van der Waals surface area contributed by atoms with E-state index in [1.54, 1.807) is 27.1 Å². The Morgan fingerprint density at radius 1 is 1.21 bits per heavy atom. The third-order valence-electron chi connectivity index (χ3n) is 7.55. The molecule has 6 rings (SSSR count). The maximum absolute atomic E-state index is 13.8. The first-order valence-corrected chi connectivity index (χ1v) is 14.8. The van der Waals surface area contributed by atoms with E-state index in [0.29, 0.717) is 71.4 Å². The van der Waals surface area contributed by atoms with Crippen molar-refractivity contribution in [2.75, 3.05) is 32.8 Å². The second-order valence-electron chi connectivity index (χ2n) is 9.78. The van der Waals surface area contributed by atoms with Crippen LogP contribution < -0.4 is 10.4 Å². The number of aromatic nitrogens is 5. The van der Waals surface area contributed by atoms with E-state index >= 15 is 0 Å². The topological polar surface area (TPSA) is 118 Å². The molecule has 2 saturated heterocycles. The molecule has 3 aromatic heterocycles. The summed E-state index contributed by atoms with van der Waals surface area (Å²) in [5.74, 6) is 0.488. The van der Waals surface area contributed by atoms with E-state index in [-0.39, 0.29) is 16.6 Å². The van der Waals surface area contributed by atoms with Gasteiger partial charge in [0.05, 0.1) is 27.7 Å². The number of nitrogens with one attached hydrogen (secondary N) is 1. The largest absolute Gasteiger partial charge is 0.493 e. The summed E-state index contributed by atoms with van der Waals surface area (Å²) in [5, 5.41) is 8.35. The van der Waals surface area contributed by atoms with E-state index in [4.69, 9.17) is 16.3 Å². The quantitative estimate of drug-likeness (QED) is 0.370. The maximum atomic E-state index is 13.8. The van der Waals surface area contributed by atoms with E-state index in [9.17, 15) is 13.2 Å². The van der Waals surface area contributed by atoms with Gasteiger partial charge in [-0.3, -0.25) is 9.47 Å². The van der Waals surface area contributed by atoms with Crippen LogP contribution in [0.2, 0.25) is 5.02 Å². The molecule has 0 unspecified atom stereocenters. The van der Waals surface area contributed by atoms with Gasteiger partial charge in [0.25, 0.3) is 0 Å². The molecular weight excluding hydrogens is 530 g/mol. The van der Waals surface area contributed by atoms with Crippen LogP contribution in [0.25, 0.3) is 27.9 Å². The zero-order chi connectivity index (χ0) is 26.6. The summed E-state index contributed by atoms with van der Waals surface area (Å²) in [6.07, 6.45) is 4.21. The Kier molecular flexibility index (Phi) is 6.45. The summed E-state index contributed by atoms with van der Waals surface area (Å²) in [7, 11) is -3.74. The molecule has 13 heteroatoms. The SMILES string of the molecule is CCCn1c(=O)n2cnnc2c2[nH]c(-c3cc(S(=O)(=O)N4CCN5CCC[C@@H]5C4)ccc3OCC)c(Cl)c21. The van der Waals surface area contributed by atoms with Crippen molar-refractivity contribution in [2.45, 2.75) is 50.6 Å². The predicted octanol–water partition coefficient (Wildman–Crippen LogP) is 2.97. The lowest BCUT2D eigenvalue weighted by Gasteiger charge is -2.36. The molecule has 0 aliphatic carbocycles. The van der Waals surface area contributed by atoms with Crippen LogP contribution >= 0.6 is 11.6 Å². The molecule has 4 aromatic rings. The van der Waals surface area contributed by atoms with Gasteiger partial charge < -0.3 is 9.72 Å². The van der Waals surface area contributed by atoms with Crippen molar-refractivity contribution in [2.24, 2.45) is 0 Å². The van der Waals surface area contributed by atoms with Gasteiger partial charge in [-0.2, -0.15) is 4.31 Å². The Balaban J connectivity index is 1.51. The van der Waals surface area contributed by atoms with Crippen LogP contribution in [0.15, 0.2) is 34.2 Å². The van der Waals surface area contributed by atoms with Crippen molar-refractivity contribution in [1.82, 2.24) is 33.4 Å². The fourth-order valence-electron chi connectivity index (χ4n) is 5.75. The first kappa shape index (κ1) is 25.4. The number of rotatable bonds is 7. The number of hydrogen-bond donors (Lipinski definition) is 1. The zero-order valence-corrected chi connectivity index (χ0v) is 22.9. The summed E-state index contributed by atoms with van der Waals surface area (Å²) in [5.41, 5.74) is 2.07. The highest BCUT2D eigenvalue weighted by molar-refractivity contribution is 7.89. The number of nitrogens with zero attached hydrogens (tertiary/aromatic N) is 6. The molecular formula is C25H30ClN7O4S. The molecule has 0 saturated carbocycles. The summed E-state index contributed by atoms with van der Waals surface area (Å²) < 4.78 is 38.0. The van der Waals surface area contributed by atoms with Crippen LogP contribution in [0, 0.1) is 0 Å². The number of aromatic amines is 1. The number of H-pyrrole nitrogens is 1. The third-order valence-corrected chi connectivity index (χ3v) is 9.78. The van der Waals surface area contributed by atoms with Crippen LogP contribution in [0.3, 0.4) is 0 Å². The van der Waals surface area contributed by atoms with Crippen LogP contribution in [0.1, 0.15) is 33.1 Å². The number of aryl methyl sites for hydroxylation is 1. The highest BCUT2D eigenvalue weighted by Crippen LogP contribution is 2.41. The Morgan fingerprint density at radius 2 is 2.05 bits per heavy atom. The lowest BCUT2D eigenvalue weighted by atomic mass is 10.1. The highest BCUT2D eigenvalue weighted by Gasteiger charge is 2.36. The molecule has 0 spiro atoms. The summed E-state index contributed by atoms with van der Waals surface area (Å²) in [6, 6.07) is 5.14. The summed E-state index contributed by atoms with van der Waals surface area (Å²) in [4.78, 5) is 19.0. The number of benzene rings is 1. The number of ether oxygens (including phenoxy) is 1. The average molecular weight is 560 g/mol. The van der Waals surface area contributed by atoms with Gasteiger partial charge in [-0.05, 0) is 50.9 Å². The molecule has 2 aliphatic rings. The van der Waals surface area contributed by atoms with Crippen molar-refractivity contribution in [1.29, 1.82) is 0 Å². The van der Waals surface area contributed by atoms with Gasteiger partial charge >= 0.3 is 5.69 Å². The Hall–Kier alpha value is -2.93. The van der Waals surface area contributed by atoms with Crippen molar-refractivity contribution in [3.05, 3.63) is 40.0 Å². The number of hydrogen-bond acceptors (Lipinski definition) is 7. The second-order valence-corrected chi connectivity index (χ2v) is 12.1. The number of halogens is 1. The molecule has 2 aliphatic heterocycles. The standard InChI is InChI=1S/C25H30ClN7O4S/c1-3-9-32-23-20(26)21(28-22(23)24-29-27-15-33(24)25(32)34)18-13-17(7-8-19(18)37-4-2)38(35,36)31-12-11-30-10-5-6-16(30)14-31/h7-8,13,15-16,28H,3-6,9-12,14H2,1-2H3/t16-/m1/s1. The Bertz CT molecular complexity index is 1690. The average Bonchev–Trinajstić information content (AvgIpc) is 3.65. The molecule has 0 bridgehead atoms. The van der Waals surface area contributed by atoms with Crippen LogP contribution in [-0.2, 0) is 16.6 Å². The highest BCUT2D eigenvalue weighted by atomic mass is 35.5. The molecule has 1 atom stereocenters. The number of piperazine rings is 1. The zero-order valence-electron chi connectivity index (χ0n) is 21.4. The fraction of sp³-hybridized carbons (Fsp3) is 0.480. The minimum absolute atomic E-state index is 0.177. The summed E-state index contributed by atoms with van der Waals surface area (Å²) in [6.45, 7) is 7.40. The molecule has 2 fully saturated rings. The van der Waals surface area contributed by atoms with E-state index < -0.39 is 10.0 Å². The van der Waals surface area contributed by atoms with Crippen LogP contribution in [0.4, 0.5) is 0 Å². The number of fused-ring (bicyclic) bond motifs is 4. The first-order valence-electron chi connectivity index (χ1n) is 13.0. The van der Waals surface area contributed by atoms with E-state index in [1.165, 1.54) is 10.7 Å². The van der Waals surface area contributed by atoms with Crippen LogP contribution in [0.5, 0.6) is 5.75 Å². The summed E-state index contributed by atoms with van der Waals surface area (Å²) >= 11 is 6.95. The molecule has 5 heterocycles. The molecule has 0 amide bonds. The molecule has 202 valence electrons. The van der Waals surface area contributed by atoms with Gasteiger partial charge in [0.2, 0.25) is 10.0 Å². The van der Waals surface area contributed by atoms with E-state index in [1.807, 2.05) is 13.8 Å². The molecule has 11 nitrogen and oxygen atoms in total. The van der Waals surface area contributed by atoms with Crippen molar-refractivity contribution < 1.29 is 13.2 Å². The minimum Gasteiger partial charge on any atom is -0.493 e. The fourth-order valence-corrected chi connectivity index (χ4v) is 7.59. The van der Waals surface area contributed by atoms with Crippen LogP contribution in [-0.4, -0.2) is 80.6 Å². The smallest absolute Gasteiger partial charge is 0.335 e. The lowest BCUT2D eigenvalue weighted by Crippen LogP contribution is -2.51. The second kappa shape index (κ2) is 9.67. The number of sulfonamides is 1. The van der Waals surface area contributed by atoms with E-state index in [0.717, 1.165) is 25.9 Å². The predicted molar refractivity (Wildman–Crippen MR) is 144 cm³/mol. The van der Waals surface area contributed by atoms with Gasteiger partial charge in [-0.1, -0.05) is 18.5 Å². The molecule has 0 radical (unpaired) electrons. The lowest BCUT2D eigenvalue weighted by molar-refractivity contribution is 0.158.